The van der Waals surface area contributed by atoms with Crippen LogP contribution in [0.25, 0.3) is 0 Å². The van der Waals surface area contributed by atoms with Crippen molar-refractivity contribution >= 4 is 22.6 Å². The van der Waals surface area contributed by atoms with E-state index >= 15 is 0 Å². The summed E-state index contributed by atoms with van der Waals surface area (Å²) < 4.78 is 40.5. The van der Waals surface area contributed by atoms with E-state index in [1.54, 1.807) is 24.3 Å². The van der Waals surface area contributed by atoms with Gasteiger partial charge in [-0.05, 0) is 25.0 Å². The molecule has 1 N–H and O–H groups in total. The monoisotopic (exact) mass is 344 g/mol. The molecule has 2 fully saturated rings. The van der Waals surface area contributed by atoms with E-state index in [0.29, 0.717) is 18.5 Å². The topological polar surface area (TPSA) is 35.8 Å². The molecule has 1 atom stereocenters. The van der Waals surface area contributed by atoms with Crippen LogP contribution in [0, 0.1) is 0 Å². The second kappa shape index (κ2) is 6.36. The lowest BCUT2D eigenvalue weighted by atomic mass is 9.93. The molecule has 1 heterocycles. The molecule has 0 radical (unpaired) electrons. The first kappa shape index (κ1) is 16.6. The molecular weight excluding hydrogens is 325 g/mol. The van der Waals surface area contributed by atoms with Crippen molar-refractivity contribution in [3.63, 3.8) is 0 Å². The smallest absolute Gasteiger partial charge is 0.363 e. The quantitative estimate of drug-likeness (QED) is 0.868. The third-order valence-corrected chi connectivity index (χ3v) is 5.47. The second-order valence-corrected chi connectivity index (χ2v) is 6.94. The lowest BCUT2D eigenvalue weighted by Crippen LogP contribution is -2.61. The van der Waals surface area contributed by atoms with Crippen molar-refractivity contribution < 1.29 is 18.3 Å². The minimum atomic E-state index is -4.70. The molecule has 1 aromatic carbocycles. The summed E-state index contributed by atoms with van der Waals surface area (Å²) >= 11 is 0.979. The fraction of sp³-hybridized carbons (Fsp3) is 0.562. The van der Waals surface area contributed by atoms with Crippen molar-refractivity contribution in [2.24, 2.45) is 4.99 Å². The van der Waals surface area contributed by atoms with E-state index in [2.05, 4.69) is 4.99 Å². The molecule has 126 valence electrons. The third-order valence-electron chi connectivity index (χ3n) is 4.38. The lowest BCUT2D eigenvalue weighted by Gasteiger charge is -2.42. The van der Waals surface area contributed by atoms with Crippen molar-refractivity contribution in [3.05, 3.63) is 30.3 Å². The van der Waals surface area contributed by atoms with Crippen molar-refractivity contribution in [1.29, 1.82) is 0 Å². The number of hydrogen-bond donors (Lipinski definition) is 1. The molecule has 0 bridgehead atoms. The SMILES string of the molecule is OC1(C(F)(F)F)CSC(=Nc2ccccc2)N1C1CCCCC1. The Morgan fingerprint density at radius 1 is 1.13 bits per heavy atom. The van der Waals surface area contributed by atoms with Crippen LogP contribution in [0.1, 0.15) is 32.1 Å². The summed E-state index contributed by atoms with van der Waals surface area (Å²) in [7, 11) is 0. The molecule has 2 aliphatic rings. The largest absolute Gasteiger partial charge is 0.437 e. The maximum absolute atomic E-state index is 13.5. The van der Waals surface area contributed by atoms with Gasteiger partial charge in [0.25, 0.3) is 0 Å². The minimum absolute atomic E-state index is 0.267. The first-order chi connectivity index (χ1) is 10.9. The molecule has 0 amide bonds. The second-order valence-electron chi connectivity index (χ2n) is 5.99. The molecule has 1 aliphatic heterocycles. The molecule has 1 aromatic rings. The molecule has 7 heteroatoms. The van der Waals surface area contributed by atoms with Gasteiger partial charge in [0, 0.05) is 6.04 Å². The minimum Gasteiger partial charge on any atom is -0.363 e. The van der Waals surface area contributed by atoms with E-state index in [0.717, 1.165) is 35.9 Å². The Labute approximate surface area is 137 Å². The summed E-state index contributed by atoms with van der Waals surface area (Å²) in [6.07, 6.45) is -0.575. The van der Waals surface area contributed by atoms with Gasteiger partial charge < -0.3 is 10.0 Å². The molecule has 1 unspecified atom stereocenters. The Kier molecular flexibility index (Phi) is 4.60. The molecule has 3 nitrogen and oxygen atoms in total. The zero-order valence-electron chi connectivity index (χ0n) is 12.6. The van der Waals surface area contributed by atoms with Gasteiger partial charge in [-0.2, -0.15) is 13.2 Å². The normalized spacial score (nSPS) is 28.5. The predicted molar refractivity (Wildman–Crippen MR) is 85.7 cm³/mol. The van der Waals surface area contributed by atoms with Crippen molar-refractivity contribution in [2.45, 2.75) is 50.0 Å². The Morgan fingerprint density at radius 2 is 1.78 bits per heavy atom. The Balaban J connectivity index is 1.97. The van der Waals surface area contributed by atoms with E-state index in [1.807, 2.05) is 6.07 Å². The summed E-state index contributed by atoms with van der Waals surface area (Å²) in [6.45, 7) is 0. The van der Waals surface area contributed by atoms with Gasteiger partial charge in [0.2, 0.25) is 5.72 Å². The first-order valence-electron chi connectivity index (χ1n) is 7.77. The van der Waals surface area contributed by atoms with Crippen LogP contribution in [0.15, 0.2) is 35.3 Å². The zero-order chi connectivity index (χ0) is 16.5. The molecule has 3 rings (SSSR count). The molecule has 0 aromatic heterocycles. The summed E-state index contributed by atoms with van der Waals surface area (Å²) in [5, 5.41) is 10.7. The number of aliphatic hydroxyl groups is 1. The van der Waals surface area contributed by atoms with Crippen LogP contribution >= 0.6 is 11.8 Å². The number of aliphatic imine (C=N–C) groups is 1. The highest BCUT2D eigenvalue weighted by Gasteiger charge is 2.63. The number of hydrogen-bond acceptors (Lipinski definition) is 3. The summed E-state index contributed by atoms with van der Waals surface area (Å²) in [5.74, 6) is -0.432. The van der Waals surface area contributed by atoms with Crippen LogP contribution in [0.3, 0.4) is 0 Å². The van der Waals surface area contributed by atoms with Crippen LogP contribution in [0.4, 0.5) is 18.9 Å². The van der Waals surface area contributed by atoms with Crippen LogP contribution in [-0.4, -0.2) is 38.9 Å². The van der Waals surface area contributed by atoms with Gasteiger partial charge in [-0.25, -0.2) is 4.99 Å². The molecule has 1 saturated heterocycles. The Bertz CT molecular complexity index is 572. The van der Waals surface area contributed by atoms with Gasteiger partial charge in [-0.1, -0.05) is 49.2 Å². The highest BCUT2D eigenvalue weighted by Crippen LogP contribution is 2.46. The van der Waals surface area contributed by atoms with Gasteiger partial charge in [-0.3, -0.25) is 0 Å². The first-order valence-corrected chi connectivity index (χ1v) is 8.75. The number of nitrogens with zero attached hydrogens (tertiary/aromatic N) is 2. The van der Waals surface area contributed by atoms with Gasteiger partial charge in [0.15, 0.2) is 5.17 Å². The summed E-state index contributed by atoms with van der Waals surface area (Å²) in [5.41, 5.74) is -2.23. The molecule has 1 saturated carbocycles. The van der Waals surface area contributed by atoms with E-state index in [9.17, 15) is 18.3 Å². The molecule has 0 spiro atoms. The number of halogens is 3. The predicted octanol–water partition coefficient (Wildman–Crippen LogP) is 4.31. The van der Waals surface area contributed by atoms with Crippen molar-refractivity contribution in [3.8, 4) is 0 Å². The summed E-state index contributed by atoms with van der Waals surface area (Å²) in [6, 6.07) is 8.60. The van der Waals surface area contributed by atoms with E-state index in [4.69, 9.17) is 0 Å². The Hall–Kier alpha value is -1.21. The molecule has 23 heavy (non-hydrogen) atoms. The fourth-order valence-corrected chi connectivity index (χ4v) is 4.42. The van der Waals surface area contributed by atoms with E-state index in [-0.39, 0.29) is 11.2 Å². The van der Waals surface area contributed by atoms with Gasteiger partial charge in [0.1, 0.15) is 0 Å². The van der Waals surface area contributed by atoms with Crippen LogP contribution < -0.4 is 0 Å². The van der Waals surface area contributed by atoms with Crippen LogP contribution in [-0.2, 0) is 0 Å². The number of amidine groups is 1. The highest BCUT2D eigenvalue weighted by atomic mass is 32.2. The highest BCUT2D eigenvalue weighted by molar-refractivity contribution is 8.14. The van der Waals surface area contributed by atoms with Crippen LogP contribution in [0.2, 0.25) is 0 Å². The summed E-state index contributed by atoms with van der Waals surface area (Å²) in [4.78, 5) is 5.50. The van der Waals surface area contributed by atoms with Crippen molar-refractivity contribution in [1.82, 2.24) is 4.90 Å². The van der Waals surface area contributed by atoms with Gasteiger partial charge in [0.05, 0.1) is 11.4 Å². The zero-order valence-corrected chi connectivity index (χ0v) is 13.4. The average molecular weight is 344 g/mol. The van der Waals surface area contributed by atoms with Crippen LogP contribution in [0.5, 0.6) is 0 Å². The lowest BCUT2D eigenvalue weighted by molar-refractivity contribution is -0.295. The van der Waals surface area contributed by atoms with Gasteiger partial charge >= 0.3 is 6.18 Å². The van der Waals surface area contributed by atoms with E-state index in [1.165, 1.54) is 0 Å². The fourth-order valence-electron chi connectivity index (χ4n) is 3.18. The number of thioether (sulfide) groups is 1. The van der Waals surface area contributed by atoms with Crippen molar-refractivity contribution in [2.75, 3.05) is 5.75 Å². The standard InChI is InChI=1S/C16H19F3N2OS/c17-16(18,19)15(22)11-23-14(20-12-7-3-1-4-8-12)21(15)13-9-5-2-6-10-13/h1,3-4,7-8,13,22H,2,5-6,9-11H2. The number of para-hydroxylation sites is 1. The number of benzene rings is 1. The number of rotatable bonds is 2. The average Bonchev–Trinajstić information content (AvgIpc) is 2.87. The molecular formula is C16H19F3N2OS. The van der Waals surface area contributed by atoms with E-state index < -0.39 is 17.7 Å². The Morgan fingerprint density at radius 3 is 2.39 bits per heavy atom. The van der Waals surface area contributed by atoms with Gasteiger partial charge in [-0.15, -0.1) is 0 Å². The molecule has 1 aliphatic carbocycles. The maximum atomic E-state index is 13.5. The number of alkyl halides is 3. The maximum Gasteiger partial charge on any atom is 0.437 e. The third kappa shape index (κ3) is 3.21.